The third-order valence-corrected chi connectivity index (χ3v) is 7.67. The fourth-order valence-corrected chi connectivity index (χ4v) is 5.08. The van der Waals surface area contributed by atoms with Crippen LogP contribution < -0.4 is 14.4 Å². The van der Waals surface area contributed by atoms with E-state index in [9.17, 15) is 0 Å². The average molecular weight is 530 g/mol. The molecule has 0 aliphatic carbocycles. The zero-order chi connectivity index (χ0) is 26.2. The molecule has 1 aliphatic rings. The molecule has 38 heavy (non-hydrogen) atoms. The Bertz CT molecular complexity index is 1250. The van der Waals surface area contributed by atoms with Crippen LogP contribution in [0.3, 0.4) is 0 Å². The van der Waals surface area contributed by atoms with Crippen molar-refractivity contribution < 1.29 is 9.26 Å². The standard InChI is InChI=1S/C30H35N5O2S/c1-22(2)29-33-30(37-34-29)35-19-14-24(15-20-35)21-36-27-7-3-25(4-8-27)26-5-9-28(10-6-26)38-32-18-13-23-11-16-31-17-12-23/h3-12,16-17,22,24,32H,13-15,18-21H2,1-2H3. The van der Waals surface area contributed by atoms with E-state index >= 15 is 0 Å². The van der Waals surface area contributed by atoms with Gasteiger partial charge in [-0.1, -0.05) is 43.3 Å². The largest absolute Gasteiger partial charge is 0.493 e. The first kappa shape index (κ1) is 26.3. The van der Waals surface area contributed by atoms with Gasteiger partial charge in [-0.3, -0.25) is 9.71 Å². The molecule has 5 rings (SSSR count). The molecular weight excluding hydrogens is 494 g/mol. The number of piperidine rings is 1. The summed E-state index contributed by atoms with van der Waals surface area (Å²) in [6, 6.07) is 21.8. The summed E-state index contributed by atoms with van der Waals surface area (Å²) in [5, 5.41) is 4.09. The number of nitrogens with zero attached hydrogens (tertiary/aromatic N) is 4. The van der Waals surface area contributed by atoms with E-state index in [1.54, 1.807) is 11.9 Å². The Labute approximate surface area is 229 Å². The lowest BCUT2D eigenvalue weighted by Crippen LogP contribution is -2.35. The summed E-state index contributed by atoms with van der Waals surface area (Å²) >= 11 is 1.67. The minimum Gasteiger partial charge on any atom is -0.493 e. The highest BCUT2D eigenvalue weighted by atomic mass is 32.2. The molecule has 8 heteroatoms. The van der Waals surface area contributed by atoms with Crippen LogP contribution in [0.2, 0.25) is 0 Å². The normalized spacial score (nSPS) is 14.2. The first-order valence-electron chi connectivity index (χ1n) is 13.3. The van der Waals surface area contributed by atoms with Crippen molar-refractivity contribution in [2.24, 2.45) is 5.92 Å². The van der Waals surface area contributed by atoms with Crippen molar-refractivity contribution in [3.05, 3.63) is 84.4 Å². The van der Waals surface area contributed by atoms with Crippen LogP contribution in [0.15, 0.2) is 82.5 Å². The lowest BCUT2D eigenvalue weighted by Gasteiger charge is -2.30. The maximum absolute atomic E-state index is 6.13. The van der Waals surface area contributed by atoms with Crippen molar-refractivity contribution >= 4 is 18.0 Å². The summed E-state index contributed by atoms with van der Waals surface area (Å²) in [4.78, 5) is 12.0. The minimum atomic E-state index is 0.277. The Balaban J connectivity index is 1.03. The van der Waals surface area contributed by atoms with Crippen LogP contribution >= 0.6 is 11.9 Å². The van der Waals surface area contributed by atoms with Gasteiger partial charge in [0.05, 0.1) is 6.61 Å². The van der Waals surface area contributed by atoms with E-state index in [1.165, 1.54) is 21.6 Å². The molecule has 0 unspecified atom stereocenters. The first-order chi connectivity index (χ1) is 18.6. The van der Waals surface area contributed by atoms with Crippen LogP contribution in [0.1, 0.15) is 44.0 Å². The van der Waals surface area contributed by atoms with Gasteiger partial charge in [-0.25, -0.2) is 0 Å². The maximum Gasteiger partial charge on any atom is 0.324 e. The molecule has 1 fully saturated rings. The highest BCUT2D eigenvalue weighted by Crippen LogP contribution is 2.27. The quantitative estimate of drug-likeness (QED) is 0.177. The van der Waals surface area contributed by atoms with E-state index < -0.39 is 0 Å². The van der Waals surface area contributed by atoms with Crippen molar-refractivity contribution in [3.63, 3.8) is 0 Å². The number of hydrogen-bond donors (Lipinski definition) is 1. The molecule has 1 saturated heterocycles. The summed E-state index contributed by atoms with van der Waals surface area (Å²) in [6.07, 6.45) is 6.78. The molecule has 0 spiro atoms. The molecule has 1 N–H and O–H groups in total. The molecular formula is C30H35N5O2S. The van der Waals surface area contributed by atoms with Crippen LogP contribution in [0.5, 0.6) is 5.75 Å². The Kier molecular flexibility index (Phi) is 8.94. The molecule has 0 amide bonds. The third-order valence-electron chi connectivity index (χ3n) is 6.82. The van der Waals surface area contributed by atoms with Crippen molar-refractivity contribution in [1.29, 1.82) is 0 Å². The molecule has 3 heterocycles. The summed E-state index contributed by atoms with van der Waals surface area (Å²) in [7, 11) is 0. The van der Waals surface area contributed by atoms with Crippen molar-refractivity contribution in [2.45, 2.75) is 43.9 Å². The van der Waals surface area contributed by atoms with Gasteiger partial charge >= 0.3 is 6.01 Å². The average Bonchev–Trinajstić information content (AvgIpc) is 3.47. The lowest BCUT2D eigenvalue weighted by molar-refractivity contribution is 0.220. The predicted molar refractivity (Wildman–Crippen MR) is 152 cm³/mol. The van der Waals surface area contributed by atoms with E-state index in [0.29, 0.717) is 11.9 Å². The van der Waals surface area contributed by atoms with Crippen molar-refractivity contribution in [2.75, 3.05) is 31.1 Å². The Morgan fingerprint density at radius 1 is 0.974 bits per heavy atom. The molecule has 4 aromatic rings. The van der Waals surface area contributed by atoms with Gasteiger partial charge < -0.3 is 14.2 Å². The lowest BCUT2D eigenvalue weighted by atomic mass is 9.98. The zero-order valence-electron chi connectivity index (χ0n) is 22.0. The number of rotatable bonds is 11. The van der Waals surface area contributed by atoms with E-state index in [2.05, 4.69) is 99.3 Å². The predicted octanol–water partition coefficient (Wildman–Crippen LogP) is 6.39. The summed E-state index contributed by atoms with van der Waals surface area (Å²) in [5.74, 6) is 2.50. The van der Waals surface area contributed by atoms with Crippen LogP contribution in [0.25, 0.3) is 11.1 Å². The monoisotopic (exact) mass is 529 g/mol. The molecule has 1 aliphatic heterocycles. The topological polar surface area (TPSA) is 76.3 Å². The third kappa shape index (κ3) is 7.14. The molecule has 7 nitrogen and oxygen atoms in total. The molecule has 0 atom stereocenters. The highest BCUT2D eigenvalue weighted by molar-refractivity contribution is 7.97. The second-order valence-corrected chi connectivity index (χ2v) is 10.9. The van der Waals surface area contributed by atoms with Crippen LogP contribution in [0.4, 0.5) is 6.01 Å². The fourth-order valence-electron chi connectivity index (χ4n) is 4.43. The molecule has 2 aromatic carbocycles. The number of aromatic nitrogens is 3. The Morgan fingerprint density at radius 2 is 1.66 bits per heavy atom. The summed E-state index contributed by atoms with van der Waals surface area (Å²) in [6.45, 7) is 7.63. The maximum atomic E-state index is 6.13. The van der Waals surface area contributed by atoms with E-state index in [-0.39, 0.29) is 5.92 Å². The van der Waals surface area contributed by atoms with Gasteiger partial charge in [0.1, 0.15) is 5.75 Å². The first-order valence-corrected chi connectivity index (χ1v) is 14.2. The van der Waals surface area contributed by atoms with Crippen LogP contribution in [-0.4, -0.2) is 41.4 Å². The molecule has 2 aromatic heterocycles. The number of benzene rings is 2. The van der Waals surface area contributed by atoms with Gasteiger partial charge in [-0.05, 0) is 90.2 Å². The van der Waals surface area contributed by atoms with Gasteiger partial charge in [0.15, 0.2) is 5.82 Å². The van der Waals surface area contributed by atoms with Gasteiger partial charge in [-0.15, -0.1) is 0 Å². The molecule has 0 radical (unpaired) electrons. The van der Waals surface area contributed by atoms with Gasteiger partial charge in [0, 0.05) is 42.8 Å². The number of nitrogens with one attached hydrogen (secondary N) is 1. The van der Waals surface area contributed by atoms with Crippen molar-refractivity contribution in [3.8, 4) is 16.9 Å². The SMILES string of the molecule is CC(C)c1noc(N2CCC(COc3ccc(-c4ccc(SNCCc5ccncc5)cc4)cc3)CC2)n1. The van der Waals surface area contributed by atoms with Crippen molar-refractivity contribution in [1.82, 2.24) is 19.8 Å². The number of hydrogen-bond acceptors (Lipinski definition) is 8. The van der Waals surface area contributed by atoms with E-state index in [1.807, 2.05) is 12.4 Å². The summed E-state index contributed by atoms with van der Waals surface area (Å²) in [5.41, 5.74) is 3.68. The second kappa shape index (κ2) is 12.9. The smallest absolute Gasteiger partial charge is 0.324 e. The highest BCUT2D eigenvalue weighted by Gasteiger charge is 2.24. The second-order valence-electron chi connectivity index (χ2n) is 9.98. The van der Waals surface area contributed by atoms with Gasteiger partial charge in [0.2, 0.25) is 0 Å². The van der Waals surface area contributed by atoms with E-state index in [0.717, 1.165) is 57.1 Å². The molecule has 0 saturated carbocycles. The number of ether oxygens (including phenoxy) is 1. The molecule has 198 valence electrons. The molecule has 0 bridgehead atoms. The van der Waals surface area contributed by atoms with E-state index in [4.69, 9.17) is 9.26 Å². The van der Waals surface area contributed by atoms with Gasteiger partial charge in [0.25, 0.3) is 0 Å². The summed E-state index contributed by atoms with van der Waals surface area (Å²) < 4.78 is 15.0. The number of anilines is 1. The fraction of sp³-hybridized carbons (Fsp3) is 0.367. The van der Waals surface area contributed by atoms with Gasteiger partial charge in [-0.2, -0.15) is 4.98 Å². The van der Waals surface area contributed by atoms with Crippen LogP contribution in [0, 0.1) is 5.92 Å². The van der Waals surface area contributed by atoms with Crippen LogP contribution in [-0.2, 0) is 6.42 Å². The zero-order valence-corrected chi connectivity index (χ0v) is 22.9. The Morgan fingerprint density at radius 3 is 2.32 bits per heavy atom. The Hall–Kier alpha value is -3.36. The number of pyridine rings is 1. The minimum absolute atomic E-state index is 0.277.